The summed E-state index contributed by atoms with van der Waals surface area (Å²) in [7, 11) is 0. The fraction of sp³-hybridized carbons (Fsp3) is 0.826. The molecule has 0 aromatic heterocycles. The molecule has 11 nitrogen and oxygen atoms in total. The molecule has 0 saturated carbocycles. The second-order valence-electron chi connectivity index (χ2n) is 10.8. The lowest BCUT2D eigenvalue weighted by atomic mass is 9.90. The third kappa shape index (κ3) is 10.3. The molecule has 0 spiro atoms. The lowest BCUT2D eigenvalue weighted by molar-refractivity contribution is -0.182. The average Bonchev–Trinajstić information content (AvgIpc) is 2.60. The molecule has 0 rings (SSSR count). The fourth-order valence-electron chi connectivity index (χ4n) is 2.74. The SMILES string of the molecule is CC(C)(C)OC(=O)N(C(=O)OC(C)(C)C)[C@@](CCCCN)(C(=O)OCCN)C(=O)OC(C)(C)C. The first-order valence-corrected chi connectivity index (χ1v) is 11.4. The first-order chi connectivity index (χ1) is 15.3. The van der Waals surface area contributed by atoms with Crippen molar-refractivity contribution in [3.63, 3.8) is 0 Å². The molecule has 0 bridgehead atoms. The van der Waals surface area contributed by atoms with Crippen LogP contribution in [0.2, 0.25) is 0 Å². The highest BCUT2D eigenvalue weighted by atomic mass is 16.6. The highest BCUT2D eigenvalue weighted by Crippen LogP contribution is 2.32. The minimum absolute atomic E-state index is 0.0438. The molecule has 0 aliphatic heterocycles. The van der Waals surface area contributed by atoms with Crippen LogP contribution >= 0.6 is 0 Å². The average molecular weight is 490 g/mol. The number of carbonyl (C=O) groups is 4. The number of hydrogen-bond donors (Lipinski definition) is 2. The van der Waals surface area contributed by atoms with Crippen molar-refractivity contribution < 1.29 is 38.1 Å². The molecule has 34 heavy (non-hydrogen) atoms. The Labute approximate surface area is 202 Å². The van der Waals surface area contributed by atoms with Crippen molar-refractivity contribution in [1.82, 2.24) is 4.90 Å². The van der Waals surface area contributed by atoms with Crippen LogP contribution in [0.5, 0.6) is 0 Å². The maximum Gasteiger partial charge on any atom is 0.421 e. The van der Waals surface area contributed by atoms with Crippen molar-refractivity contribution >= 4 is 24.1 Å². The van der Waals surface area contributed by atoms with Crippen molar-refractivity contribution in [3.05, 3.63) is 0 Å². The van der Waals surface area contributed by atoms with Crippen molar-refractivity contribution in [2.24, 2.45) is 11.5 Å². The van der Waals surface area contributed by atoms with Gasteiger partial charge in [-0.05, 0) is 88.1 Å². The number of nitrogens with two attached hydrogens (primary N) is 2. The van der Waals surface area contributed by atoms with E-state index in [0.29, 0.717) is 11.3 Å². The zero-order valence-corrected chi connectivity index (χ0v) is 22.1. The summed E-state index contributed by atoms with van der Waals surface area (Å²) in [5.41, 5.74) is 5.38. The van der Waals surface area contributed by atoms with Gasteiger partial charge < -0.3 is 30.4 Å². The van der Waals surface area contributed by atoms with Crippen LogP contribution in [0.4, 0.5) is 9.59 Å². The van der Waals surface area contributed by atoms with E-state index >= 15 is 0 Å². The van der Waals surface area contributed by atoms with E-state index in [9.17, 15) is 19.2 Å². The van der Waals surface area contributed by atoms with E-state index in [1.54, 1.807) is 62.3 Å². The Morgan fingerprint density at radius 1 is 0.647 bits per heavy atom. The van der Waals surface area contributed by atoms with E-state index < -0.39 is 46.5 Å². The highest BCUT2D eigenvalue weighted by Gasteiger charge is 2.61. The summed E-state index contributed by atoms with van der Waals surface area (Å²) in [6, 6.07) is 0. The van der Waals surface area contributed by atoms with E-state index in [2.05, 4.69) is 0 Å². The summed E-state index contributed by atoms with van der Waals surface area (Å²) < 4.78 is 21.5. The number of nitrogens with zero attached hydrogens (tertiary/aromatic N) is 1. The largest absolute Gasteiger partial charge is 0.462 e. The maximum atomic E-state index is 13.6. The number of hydrogen-bond acceptors (Lipinski definition) is 10. The predicted molar refractivity (Wildman–Crippen MR) is 126 cm³/mol. The molecule has 11 heteroatoms. The van der Waals surface area contributed by atoms with Crippen LogP contribution in [0.25, 0.3) is 0 Å². The molecule has 1 atom stereocenters. The zero-order valence-electron chi connectivity index (χ0n) is 22.1. The van der Waals surface area contributed by atoms with E-state index in [4.69, 9.17) is 30.4 Å². The number of unbranched alkanes of at least 4 members (excludes halogenated alkanes) is 1. The van der Waals surface area contributed by atoms with Gasteiger partial charge in [-0.15, -0.1) is 0 Å². The molecular formula is C23H43N3O8. The van der Waals surface area contributed by atoms with Gasteiger partial charge in [0, 0.05) is 6.54 Å². The molecule has 0 unspecified atom stereocenters. The van der Waals surface area contributed by atoms with E-state index in [-0.39, 0.29) is 32.5 Å². The molecule has 0 aromatic carbocycles. The van der Waals surface area contributed by atoms with Crippen molar-refractivity contribution in [2.45, 2.75) is 104 Å². The molecule has 198 valence electrons. The Morgan fingerprint density at radius 2 is 1.09 bits per heavy atom. The molecule has 0 fully saturated rings. The van der Waals surface area contributed by atoms with E-state index in [1.165, 1.54) is 0 Å². The number of ether oxygens (including phenoxy) is 4. The lowest BCUT2D eigenvalue weighted by Gasteiger charge is -2.40. The molecule has 0 aliphatic carbocycles. The van der Waals surface area contributed by atoms with Crippen LogP contribution < -0.4 is 11.5 Å². The molecular weight excluding hydrogens is 446 g/mol. The topological polar surface area (TPSA) is 160 Å². The van der Waals surface area contributed by atoms with Gasteiger partial charge >= 0.3 is 24.1 Å². The number of esters is 2. The minimum Gasteiger partial charge on any atom is -0.462 e. The Morgan fingerprint density at radius 3 is 1.44 bits per heavy atom. The van der Waals surface area contributed by atoms with Crippen LogP contribution in [0, 0.1) is 0 Å². The monoisotopic (exact) mass is 489 g/mol. The van der Waals surface area contributed by atoms with Gasteiger partial charge in [-0.3, -0.25) is 0 Å². The summed E-state index contributed by atoms with van der Waals surface area (Å²) in [5, 5.41) is 0. The molecule has 0 aliphatic rings. The van der Waals surface area contributed by atoms with Crippen molar-refractivity contribution in [2.75, 3.05) is 19.7 Å². The smallest absolute Gasteiger partial charge is 0.421 e. The minimum atomic E-state index is -2.53. The van der Waals surface area contributed by atoms with Gasteiger partial charge in [0.2, 0.25) is 0 Å². The van der Waals surface area contributed by atoms with Gasteiger partial charge in [0.1, 0.15) is 23.4 Å². The number of rotatable bonds is 9. The van der Waals surface area contributed by atoms with Crippen LogP contribution in [-0.2, 0) is 28.5 Å². The summed E-state index contributed by atoms with van der Waals surface area (Å²) in [4.78, 5) is 54.2. The van der Waals surface area contributed by atoms with E-state index in [1.807, 2.05) is 0 Å². The van der Waals surface area contributed by atoms with Crippen LogP contribution in [0.3, 0.4) is 0 Å². The highest BCUT2D eigenvalue weighted by molar-refractivity contribution is 6.11. The molecule has 2 amide bonds. The van der Waals surface area contributed by atoms with Crippen LogP contribution in [-0.4, -0.2) is 71.1 Å². The van der Waals surface area contributed by atoms with Gasteiger partial charge in [0.05, 0.1) is 0 Å². The van der Waals surface area contributed by atoms with Crippen LogP contribution in [0.15, 0.2) is 0 Å². The first kappa shape index (κ1) is 31.6. The van der Waals surface area contributed by atoms with Crippen molar-refractivity contribution in [3.8, 4) is 0 Å². The lowest BCUT2D eigenvalue weighted by Crippen LogP contribution is -2.67. The summed E-state index contributed by atoms with van der Waals surface area (Å²) >= 11 is 0. The summed E-state index contributed by atoms with van der Waals surface area (Å²) in [6.45, 7) is 14.2. The standard InChI is InChI=1S/C23H43N3O8/c1-20(2,3)32-17(28)23(12-10-11-13-24,16(27)31-15-14-25)26(18(29)33-21(4,5)6)19(30)34-22(7,8)9/h10-15,24-25H2,1-9H3/t23-/m0/s1. The first-order valence-electron chi connectivity index (χ1n) is 11.4. The normalized spacial score (nSPS) is 14.0. The zero-order chi connectivity index (χ0) is 27.0. The Hall–Kier alpha value is -2.40. The van der Waals surface area contributed by atoms with Gasteiger partial charge in [-0.2, -0.15) is 4.90 Å². The third-order valence-corrected chi connectivity index (χ3v) is 3.95. The fourth-order valence-corrected chi connectivity index (χ4v) is 2.74. The van der Waals surface area contributed by atoms with E-state index in [0.717, 1.165) is 0 Å². The quantitative estimate of drug-likeness (QED) is 0.213. The van der Waals surface area contributed by atoms with Crippen molar-refractivity contribution in [1.29, 1.82) is 0 Å². The number of amides is 2. The Balaban J connectivity index is 7.04. The van der Waals surface area contributed by atoms with Gasteiger partial charge in [-0.1, -0.05) is 0 Å². The second-order valence-corrected chi connectivity index (χ2v) is 10.8. The molecule has 0 radical (unpaired) electrons. The molecule has 0 aromatic rings. The Kier molecular flexibility index (Phi) is 11.5. The maximum absolute atomic E-state index is 13.6. The summed E-state index contributed by atoms with van der Waals surface area (Å²) in [5.74, 6) is -2.34. The van der Waals surface area contributed by atoms with Gasteiger partial charge in [-0.25, -0.2) is 19.2 Å². The molecule has 0 heterocycles. The summed E-state index contributed by atoms with van der Waals surface area (Å²) in [6.07, 6.45) is -2.25. The number of carbonyl (C=O) groups excluding carboxylic acids is 4. The third-order valence-electron chi connectivity index (χ3n) is 3.95. The second kappa shape index (κ2) is 12.3. The number of imide groups is 1. The van der Waals surface area contributed by atoms with Gasteiger partial charge in [0.25, 0.3) is 5.54 Å². The molecule has 0 saturated heterocycles. The van der Waals surface area contributed by atoms with Gasteiger partial charge in [0.15, 0.2) is 0 Å². The predicted octanol–water partition coefficient (Wildman–Crippen LogP) is 2.87. The molecule has 4 N–H and O–H groups in total. The Bertz CT molecular complexity index is 691. The van der Waals surface area contributed by atoms with Crippen LogP contribution in [0.1, 0.15) is 81.6 Å².